The number of pyridine rings is 2. The molecule has 6 heteroatoms. The van der Waals surface area contributed by atoms with Gasteiger partial charge in [0, 0.05) is 72.2 Å². The molecule has 0 amide bonds. The molecule has 0 aliphatic rings. The Bertz CT molecular complexity index is 1040. The Kier molecular flexibility index (Phi) is 4.36. The summed E-state index contributed by atoms with van der Waals surface area (Å²) >= 11 is 0. The van der Waals surface area contributed by atoms with Gasteiger partial charge in [0.25, 0.3) is 0 Å². The molecule has 0 radical (unpaired) electrons. The van der Waals surface area contributed by atoms with Crippen molar-refractivity contribution in [2.75, 3.05) is 21.3 Å². The first-order valence-electron chi connectivity index (χ1n) is 8.72. The van der Waals surface area contributed by atoms with Gasteiger partial charge in [-0.3, -0.25) is 9.97 Å². The summed E-state index contributed by atoms with van der Waals surface area (Å²) in [4.78, 5) is 9.18. The highest BCUT2D eigenvalue weighted by molar-refractivity contribution is 6.62. The summed E-state index contributed by atoms with van der Waals surface area (Å²) in [5.41, 5.74) is 0.939. The Hall–Kier alpha value is -2.12. The average molecular weight is 366 g/mol. The molecule has 2 aromatic carbocycles. The minimum absolute atomic E-state index is 0.0369. The highest BCUT2D eigenvalue weighted by atomic mass is 28.4. The van der Waals surface area contributed by atoms with Crippen LogP contribution >= 0.6 is 0 Å². The van der Waals surface area contributed by atoms with Crippen LogP contribution in [0.15, 0.2) is 42.9 Å². The van der Waals surface area contributed by atoms with Crippen LogP contribution in [0.25, 0.3) is 32.3 Å². The number of aromatic nitrogens is 2. The van der Waals surface area contributed by atoms with Crippen LogP contribution in [0.1, 0.15) is 24.6 Å². The Labute approximate surface area is 153 Å². The Morgan fingerprint density at radius 2 is 1.42 bits per heavy atom. The molecule has 4 rings (SSSR count). The number of hydrogen-bond acceptors (Lipinski definition) is 5. The Morgan fingerprint density at radius 1 is 0.846 bits per heavy atom. The molecular weight excluding hydrogens is 344 g/mol. The smallest absolute Gasteiger partial charge is 0.376 e. The van der Waals surface area contributed by atoms with Crippen molar-refractivity contribution in [1.29, 1.82) is 0 Å². The van der Waals surface area contributed by atoms with Crippen LogP contribution in [-0.4, -0.2) is 40.1 Å². The van der Waals surface area contributed by atoms with Crippen LogP contribution < -0.4 is 0 Å². The molecule has 134 valence electrons. The number of benzene rings is 2. The van der Waals surface area contributed by atoms with Crippen LogP contribution in [0.5, 0.6) is 0 Å². The van der Waals surface area contributed by atoms with E-state index in [1.807, 2.05) is 18.6 Å². The van der Waals surface area contributed by atoms with Gasteiger partial charge in [0.05, 0.1) is 11.2 Å². The third-order valence-corrected chi connectivity index (χ3v) is 8.56. The van der Waals surface area contributed by atoms with Gasteiger partial charge in [-0.2, -0.15) is 0 Å². The van der Waals surface area contributed by atoms with Crippen LogP contribution in [0, 0.1) is 0 Å². The minimum atomic E-state index is -2.88. The molecule has 2 aromatic heterocycles. The summed E-state index contributed by atoms with van der Waals surface area (Å²) in [6.07, 6.45) is 6.59. The fraction of sp³-hybridized carbons (Fsp3) is 0.300. The topological polar surface area (TPSA) is 53.5 Å². The summed E-state index contributed by atoms with van der Waals surface area (Å²) in [5.74, 6) is 0. The lowest BCUT2D eigenvalue weighted by molar-refractivity contribution is 0.111. The molecule has 2 heterocycles. The molecule has 4 aromatic rings. The SMILES string of the molecule is CCC(c1ncc2ccc3cncc4ccc1c2c34)[Si](OC)(OC)OC. The molecular formula is C20H22N2O3Si. The zero-order valence-corrected chi connectivity index (χ0v) is 16.4. The van der Waals surface area contributed by atoms with E-state index in [0.717, 1.165) is 33.7 Å². The van der Waals surface area contributed by atoms with Gasteiger partial charge in [-0.25, -0.2) is 0 Å². The van der Waals surface area contributed by atoms with Gasteiger partial charge in [-0.15, -0.1) is 0 Å². The lowest BCUT2D eigenvalue weighted by Crippen LogP contribution is -2.49. The van der Waals surface area contributed by atoms with E-state index in [-0.39, 0.29) is 5.54 Å². The fourth-order valence-corrected chi connectivity index (χ4v) is 6.50. The molecule has 0 saturated carbocycles. The average Bonchev–Trinajstić information content (AvgIpc) is 2.71. The molecule has 5 nitrogen and oxygen atoms in total. The van der Waals surface area contributed by atoms with Crippen molar-refractivity contribution < 1.29 is 13.3 Å². The monoisotopic (exact) mass is 366 g/mol. The largest absolute Gasteiger partial charge is 0.509 e. The van der Waals surface area contributed by atoms with Crippen molar-refractivity contribution in [2.24, 2.45) is 0 Å². The van der Waals surface area contributed by atoms with E-state index in [2.05, 4.69) is 36.2 Å². The van der Waals surface area contributed by atoms with E-state index in [1.165, 1.54) is 10.8 Å². The van der Waals surface area contributed by atoms with Crippen molar-refractivity contribution in [1.82, 2.24) is 9.97 Å². The van der Waals surface area contributed by atoms with Gasteiger partial charge in [-0.05, 0) is 6.42 Å². The minimum Gasteiger partial charge on any atom is -0.376 e. The number of rotatable bonds is 6. The first kappa shape index (κ1) is 17.3. The van der Waals surface area contributed by atoms with Crippen LogP contribution in [0.4, 0.5) is 0 Å². The summed E-state index contributed by atoms with van der Waals surface area (Å²) in [6, 6.07) is 8.47. The zero-order valence-electron chi connectivity index (χ0n) is 15.4. The molecule has 0 N–H and O–H groups in total. The summed E-state index contributed by atoms with van der Waals surface area (Å²) in [5, 5.41) is 6.98. The first-order chi connectivity index (χ1) is 12.7. The van der Waals surface area contributed by atoms with Crippen molar-refractivity contribution >= 4 is 41.1 Å². The number of hydrogen-bond donors (Lipinski definition) is 0. The van der Waals surface area contributed by atoms with E-state index in [0.29, 0.717) is 0 Å². The predicted octanol–water partition coefficient (Wildman–Crippen LogP) is 4.28. The third-order valence-electron chi connectivity index (χ3n) is 5.32. The van der Waals surface area contributed by atoms with Crippen molar-refractivity contribution in [3.05, 3.63) is 48.5 Å². The summed E-state index contributed by atoms with van der Waals surface area (Å²) in [6.45, 7) is 2.12. The Morgan fingerprint density at radius 3 is 2.00 bits per heavy atom. The van der Waals surface area contributed by atoms with Crippen molar-refractivity contribution in [2.45, 2.75) is 18.9 Å². The van der Waals surface area contributed by atoms with Gasteiger partial charge in [0.15, 0.2) is 0 Å². The lowest BCUT2D eigenvalue weighted by Gasteiger charge is -2.32. The molecule has 0 aliphatic carbocycles. The fourth-order valence-electron chi connectivity index (χ4n) is 4.08. The maximum absolute atomic E-state index is 5.78. The zero-order chi connectivity index (χ0) is 18.3. The first-order valence-corrected chi connectivity index (χ1v) is 10.5. The van der Waals surface area contributed by atoms with Crippen molar-refractivity contribution in [3.8, 4) is 0 Å². The van der Waals surface area contributed by atoms with Crippen LogP contribution in [0.3, 0.4) is 0 Å². The summed E-state index contributed by atoms with van der Waals surface area (Å²) in [7, 11) is 2.09. The van der Waals surface area contributed by atoms with Gasteiger partial charge in [-0.1, -0.05) is 31.2 Å². The highest BCUT2D eigenvalue weighted by Crippen LogP contribution is 2.39. The maximum atomic E-state index is 5.78. The third kappa shape index (κ3) is 2.34. The molecule has 0 spiro atoms. The molecule has 0 aliphatic heterocycles. The predicted molar refractivity (Wildman–Crippen MR) is 106 cm³/mol. The molecule has 0 bridgehead atoms. The normalized spacial score (nSPS) is 13.8. The molecule has 26 heavy (non-hydrogen) atoms. The second-order valence-corrected chi connectivity index (χ2v) is 9.55. The van der Waals surface area contributed by atoms with E-state index >= 15 is 0 Å². The standard InChI is InChI=1S/C20H22N2O3Si/c1-5-17(26(23-2,24-3)25-4)20-16-9-8-14-11-21-10-13-6-7-15(12-22-20)19(16)18(13)14/h6-12,17H,5H2,1-4H3. The molecule has 1 unspecified atom stereocenters. The second kappa shape index (κ2) is 6.55. The molecule has 0 saturated heterocycles. The van der Waals surface area contributed by atoms with Crippen molar-refractivity contribution in [3.63, 3.8) is 0 Å². The molecule has 1 atom stereocenters. The maximum Gasteiger partial charge on any atom is 0.509 e. The van der Waals surface area contributed by atoms with Gasteiger partial charge >= 0.3 is 8.80 Å². The van der Waals surface area contributed by atoms with E-state index < -0.39 is 8.80 Å². The quantitative estimate of drug-likeness (QED) is 0.376. The second-order valence-electron chi connectivity index (χ2n) is 6.42. The van der Waals surface area contributed by atoms with E-state index in [4.69, 9.17) is 18.3 Å². The molecule has 0 fully saturated rings. The van der Waals surface area contributed by atoms with E-state index in [9.17, 15) is 0 Å². The van der Waals surface area contributed by atoms with Gasteiger partial charge < -0.3 is 13.3 Å². The Balaban J connectivity index is 2.07. The van der Waals surface area contributed by atoms with Crippen LogP contribution in [0.2, 0.25) is 0 Å². The lowest BCUT2D eigenvalue weighted by atomic mass is 9.95. The number of nitrogens with zero attached hydrogens (tertiary/aromatic N) is 2. The summed E-state index contributed by atoms with van der Waals surface area (Å²) < 4.78 is 17.3. The van der Waals surface area contributed by atoms with E-state index in [1.54, 1.807) is 21.3 Å². The van der Waals surface area contributed by atoms with Gasteiger partial charge in [0.1, 0.15) is 0 Å². The van der Waals surface area contributed by atoms with Gasteiger partial charge in [0.2, 0.25) is 0 Å². The highest BCUT2D eigenvalue weighted by Gasteiger charge is 2.48. The van der Waals surface area contributed by atoms with Crippen LogP contribution in [-0.2, 0) is 13.3 Å².